The molecule has 0 bridgehead atoms. The quantitative estimate of drug-likeness (QED) is 0.725. The molecule has 1 aromatic carbocycles. The van der Waals surface area contributed by atoms with Crippen LogP contribution in [-0.4, -0.2) is 28.9 Å². The molecule has 0 radical (unpaired) electrons. The summed E-state index contributed by atoms with van der Waals surface area (Å²) in [4.78, 5) is 33.8. The van der Waals surface area contributed by atoms with Crippen molar-refractivity contribution in [2.24, 2.45) is 0 Å². The first kappa shape index (κ1) is 16.2. The van der Waals surface area contributed by atoms with E-state index in [1.54, 1.807) is 12.1 Å². The molecule has 2 amide bonds. The number of nitrogens with one attached hydrogen (secondary N) is 2. The number of carbonyl (C=O) groups is 3. The molecule has 3 N–H and O–H groups in total. The molecular weight excluding hydrogens is 274 g/mol. The monoisotopic (exact) mass is 289 g/mol. The molecular formula is C14H15N3O4. The van der Waals surface area contributed by atoms with Gasteiger partial charge in [0.25, 0.3) is 5.91 Å². The first-order chi connectivity index (χ1) is 9.93. The second-order valence-electron chi connectivity index (χ2n) is 4.32. The van der Waals surface area contributed by atoms with Gasteiger partial charge in [0.15, 0.2) is 0 Å². The number of nitrogens with zero attached hydrogens (tertiary/aromatic N) is 1. The Labute approximate surface area is 121 Å². The molecule has 0 spiro atoms. The summed E-state index contributed by atoms with van der Waals surface area (Å²) in [6.07, 6.45) is 0.0836. The lowest BCUT2D eigenvalue weighted by atomic mass is 10.1. The normalized spacial score (nSPS) is 11.0. The predicted molar refractivity (Wildman–Crippen MR) is 74.5 cm³/mol. The van der Waals surface area contributed by atoms with Gasteiger partial charge in [0, 0.05) is 24.6 Å². The fraction of sp³-hybridized carbons (Fsp3) is 0.286. The Morgan fingerprint density at radius 1 is 1.29 bits per heavy atom. The summed E-state index contributed by atoms with van der Waals surface area (Å²) in [6, 6.07) is 6.77. The summed E-state index contributed by atoms with van der Waals surface area (Å²) < 4.78 is 0. The van der Waals surface area contributed by atoms with E-state index in [4.69, 9.17) is 10.4 Å². The Morgan fingerprint density at radius 2 is 1.90 bits per heavy atom. The third-order valence-electron chi connectivity index (χ3n) is 2.62. The number of hydrogen-bond acceptors (Lipinski definition) is 4. The van der Waals surface area contributed by atoms with Crippen molar-refractivity contribution in [1.82, 2.24) is 5.32 Å². The van der Waals surface area contributed by atoms with Crippen LogP contribution in [0, 0.1) is 11.3 Å². The number of carbonyl (C=O) groups excluding carboxylic acids is 2. The zero-order chi connectivity index (χ0) is 15.8. The Balaban J connectivity index is 2.71. The zero-order valence-corrected chi connectivity index (χ0v) is 11.4. The molecule has 7 nitrogen and oxygen atoms in total. The summed E-state index contributed by atoms with van der Waals surface area (Å²) in [5.74, 6) is -1.96. The number of benzene rings is 1. The third-order valence-corrected chi connectivity index (χ3v) is 2.62. The Morgan fingerprint density at radius 3 is 2.38 bits per heavy atom. The highest BCUT2D eigenvalue weighted by atomic mass is 16.4. The van der Waals surface area contributed by atoms with Crippen LogP contribution in [0.3, 0.4) is 0 Å². The highest BCUT2D eigenvalue weighted by Crippen LogP contribution is 2.10. The van der Waals surface area contributed by atoms with Gasteiger partial charge in [-0.3, -0.25) is 9.59 Å². The molecule has 0 unspecified atom stereocenters. The summed E-state index contributed by atoms with van der Waals surface area (Å²) in [5.41, 5.74) is 0.811. The molecule has 0 saturated heterocycles. The van der Waals surface area contributed by atoms with Crippen LogP contribution in [0.5, 0.6) is 0 Å². The van der Waals surface area contributed by atoms with Gasteiger partial charge in [-0.25, -0.2) is 4.79 Å². The van der Waals surface area contributed by atoms with Crippen LogP contribution in [-0.2, 0) is 9.59 Å². The van der Waals surface area contributed by atoms with Crippen molar-refractivity contribution in [2.75, 3.05) is 5.32 Å². The molecule has 21 heavy (non-hydrogen) atoms. The summed E-state index contributed by atoms with van der Waals surface area (Å²) in [7, 11) is 0. The number of aliphatic carboxylic acids is 1. The second kappa shape index (κ2) is 7.65. The van der Waals surface area contributed by atoms with E-state index in [-0.39, 0.29) is 24.3 Å². The van der Waals surface area contributed by atoms with E-state index >= 15 is 0 Å². The van der Waals surface area contributed by atoms with Crippen molar-refractivity contribution < 1.29 is 19.5 Å². The van der Waals surface area contributed by atoms with Crippen LogP contribution in [0.15, 0.2) is 24.3 Å². The van der Waals surface area contributed by atoms with Gasteiger partial charge < -0.3 is 15.7 Å². The number of amides is 2. The predicted octanol–water partition coefficient (Wildman–Crippen LogP) is 1.13. The summed E-state index contributed by atoms with van der Waals surface area (Å²) >= 11 is 0. The van der Waals surface area contributed by atoms with E-state index in [2.05, 4.69) is 10.6 Å². The van der Waals surface area contributed by atoms with Gasteiger partial charge in [0.05, 0.1) is 6.07 Å². The van der Waals surface area contributed by atoms with Crippen LogP contribution in [0.1, 0.15) is 30.1 Å². The van der Waals surface area contributed by atoms with Crippen molar-refractivity contribution >= 4 is 23.5 Å². The fourth-order valence-electron chi connectivity index (χ4n) is 1.62. The maximum atomic E-state index is 11.9. The molecule has 110 valence electrons. The highest BCUT2D eigenvalue weighted by Gasteiger charge is 2.20. The molecule has 0 aromatic heterocycles. The minimum absolute atomic E-state index is 0.0404. The first-order valence-corrected chi connectivity index (χ1v) is 6.22. The van der Waals surface area contributed by atoms with Gasteiger partial charge in [-0.15, -0.1) is 0 Å². The van der Waals surface area contributed by atoms with E-state index in [1.165, 1.54) is 19.1 Å². The molecule has 0 fully saturated rings. The highest BCUT2D eigenvalue weighted by molar-refractivity contribution is 5.97. The minimum Gasteiger partial charge on any atom is -0.480 e. The number of anilines is 1. The van der Waals surface area contributed by atoms with E-state index in [9.17, 15) is 14.4 Å². The Kier molecular flexibility index (Phi) is 5.89. The van der Waals surface area contributed by atoms with Gasteiger partial charge in [-0.2, -0.15) is 5.26 Å². The maximum Gasteiger partial charge on any atom is 0.326 e. The van der Waals surface area contributed by atoms with Crippen LogP contribution in [0.4, 0.5) is 5.69 Å². The molecule has 0 heterocycles. The van der Waals surface area contributed by atoms with E-state index in [0.717, 1.165) is 0 Å². The summed E-state index contributed by atoms with van der Waals surface area (Å²) in [6.45, 7) is 1.37. The van der Waals surface area contributed by atoms with E-state index < -0.39 is 17.9 Å². The van der Waals surface area contributed by atoms with Crippen LogP contribution in [0.25, 0.3) is 0 Å². The van der Waals surface area contributed by atoms with Crippen molar-refractivity contribution in [2.45, 2.75) is 25.8 Å². The van der Waals surface area contributed by atoms with Crippen LogP contribution in [0.2, 0.25) is 0 Å². The first-order valence-electron chi connectivity index (χ1n) is 6.22. The molecule has 7 heteroatoms. The second-order valence-corrected chi connectivity index (χ2v) is 4.32. The number of carboxylic acids is 1. The fourth-order valence-corrected chi connectivity index (χ4v) is 1.62. The van der Waals surface area contributed by atoms with Crippen molar-refractivity contribution in [1.29, 1.82) is 5.26 Å². The molecule has 0 aliphatic rings. The summed E-state index contributed by atoms with van der Waals surface area (Å²) in [5, 5.41) is 22.3. The third kappa shape index (κ3) is 5.32. The average Bonchev–Trinajstić information content (AvgIpc) is 2.43. The van der Waals surface area contributed by atoms with Crippen LogP contribution >= 0.6 is 0 Å². The smallest absolute Gasteiger partial charge is 0.326 e. The molecule has 0 aliphatic heterocycles. The number of nitriles is 1. The van der Waals surface area contributed by atoms with Crippen LogP contribution < -0.4 is 10.6 Å². The van der Waals surface area contributed by atoms with Gasteiger partial charge in [-0.05, 0) is 30.7 Å². The molecule has 1 rings (SSSR count). The lowest BCUT2D eigenvalue weighted by Gasteiger charge is -2.13. The van der Waals surface area contributed by atoms with Crippen molar-refractivity contribution in [3.63, 3.8) is 0 Å². The van der Waals surface area contributed by atoms with Gasteiger partial charge in [-0.1, -0.05) is 0 Å². The van der Waals surface area contributed by atoms with Gasteiger partial charge >= 0.3 is 5.97 Å². The number of hydrogen-bond donors (Lipinski definition) is 3. The molecule has 0 saturated carbocycles. The minimum atomic E-state index is -1.19. The molecule has 1 atom stereocenters. The maximum absolute atomic E-state index is 11.9. The Hall–Kier alpha value is -2.88. The average molecular weight is 289 g/mol. The van der Waals surface area contributed by atoms with E-state index in [1.807, 2.05) is 6.07 Å². The van der Waals surface area contributed by atoms with E-state index in [0.29, 0.717) is 5.69 Å². The lowest BCUT2D eigenvalue weighted by molar-refractivity contribution is -0.139. The van der Waals surface area contributed by atoms with Gasteiger partial charge in [0.2, 0.25) is 5.91 Å². The molecule has 0 aliphatic carbocycles. The standard InChI is InChI=1S/C14H15N3O4/c1-9(18)16-11-6-4-10(5-7-11)13(19)17-12(14(20)21)3-2-8-15/h4-7,12H,2-3H2,1H3,(H,16,18)(H,17,19)(H,20,21)/t12-/m0/s1. The topological polar surface area (TPSA) is 119 Å². The largest absolute Gasteiger partial charge is 0.480 e. The number of carboxylic acid groups (broad SMARTS) is 1. The van der Waals surface area contributed by atoms with Crippen molar-refractivity contribution in [3.8, 4) is 6.07 Å². The van der Waals surface area contributed by atoms with Crippen molar-refractivity contribution in [3.05, 3.63) is 29.8 Å². The number of rotatable bonds is 6. The Bertz CT molecular complexity index is 575. The molecule has 1 aromatic rings. The lowest BCUT2D eigenvalue weighted by Crippen LogP contribution is -2.40. The van der Waals surface area contributed by atoms with Gasteiger partial charge in [0.1, 0.15) is 6.04 Å². The SMILES string of the molecule is CC(=O)Nc1ccc(C(=O)N[C@@H](CCC#N)C(=O)O)cc1. The zero-order valence-electron chi connectivity index (χ0n) is 11.4.